The summed E-state index contributed by atoms with van der Waals surface area (Å²) in [5, 5.41) is 13.9. The van der Waals surface area contributed by atoms with Gasteiger partial charge in [-0.1, -0.05) is 18.2 Å². The number of hydrogen-bond donors (Lipinski definition) is 3. The predicted octanol–water partition coefficient (Wildman–Crippen LogP) is 1.13. The minimum Gasteiger partial charge on any atom is -0.481 e. The molecule has 0 fully saturated rings. The normalized spacial score (nSPS) is 10.0. The van der Waals surface area contributed by atoms with Gasteiger partial charge in [-0.2, -0.15) is 0 Å². The van der Waals surface area contributed by atoms with Gasteiger partial charge in [-0.3, -0.25) is 14.4 Å². The van der Waals surface area contributed by atoms with E-state index in [0.29, 0.717) is 37.2 Å². The summed E-state index contributed by atoms with van der Waals surface area (Å²) >= 11 is 1.26. The first-order valence-electron chi connectivity index (χ1n) is 6.99. The van der Waals surface area contributed by atoms with Gasteiger partial charge in [0.15, 0.2) is 0 Å². The summed E-state index contributed by atoms with van der Waals surface area (Å²) < 4.78 is 0. The Balaban J connectivity index is 2.03. The van der Waals surface area contributed by atoms with E-state index in [2.05, 4.69) is 10.6 Å². The highest BCUT2D eigenvalue weighted by Crippen LogP contribution is 1.99. The molecule has 22 heavy (non-hydrogen) atoms. The molecule has 0 radical (unpaired) electrons. The first kappa shape index (κ1) is 18.0. The van der Waals surface area contributed by atoms with E-state index in [1.807, 2.05) is 6.07 Å². The molecule has 1 rings (SSSR count). The smallest absolute Gasteiger partial charge is 0.313 e. The first-order valence-corrected chi connectivity index (χ1v) is 8.14. The lowest BCUT2D eigenvalue weighted by molar-refractivity contribution is -0.133. The Morgan fingerprint density at radius 2 is 1.77 bits per heavy atom. The molecule has 0 heterocycles. The fraction of sp³-hybridized carbons (Fsp3) is 0.400. The molecule has 0 saturated heterocycles. The second-order valence-electron chi connectivity index (χ2n) is 4.52. The number of amides is 2. The number of carboxylic acids is 1. The van der Waals surface area contributed by atoms with Gasteiger partial charge < -0.3 is 15.7 Å². The summed E-state index contributed by atoms with van der Waals surface area (Å²) in [6.07, 6.45) is 0.894. The molecule has 1 aromatic carbocycles. The molecule has 0 bridgehead atoms. The number of hydrogen-bond acceptors (Lipinski definition) is 4. The maximum atomic E-state index is 11.7. The van der Waals surface area contributed by atoms with Crippen LogP contribution in [0.2, 0.25) is 0 Å². The molecule has 0 aliphatic rings. The molecule has 0 aliphatic heterocycles. The van der Waals surface area contributed by atoms with Crippen molar-refractivity contribution in [1.82, 2.24) is 10.6 Å². The van der Waals surface area contributed by atoms with Crippen LogP contribution in [0.1, 0.15) is 23.2 Å². The number of aliphatic carboxylic acids is 1. The van der Waals surface area contributed by atoms with Gasteiger partial charge in [0.1, 0.15) is 0 Å². The van der Waals surface area contributed by atoms with Gasteiger partial charge in [-0.15, -0.1) is 11.8 Å². The van der Waals surface area contributed by atoms with Crippen LogP contribution in [0.25, 0.3) is 0 Å². The van der Waals surface area contributed by atoms with Crippen LogP contribution in [0, 0.1) is 0 Å². The van der Waals surface area contributed by atoms with Gasteiger partial charge in [0, 0.05) is 30.8 Å². The molecular weight excluding hydrogens is 304 g/mol. The lowest BCUT2D eigenvalue weighted by atomic mass is 10.2. The molecule has 1 aromatic rings. The van der Waals surface area contributed by atoms with E-state index in [1.54, 1.807) is 24.3 Å². The number of rotatable bonds is 10. The van der Waals surface area contributed by atoms with Gasteiger partial charge in [0.25, 0.3) is 5.91 Å². The van der Waals surface area contributed by atoms with Crippen molar-refractivity contribution in [3.05, 3.63) is 35.9 Å². The van der Waals surface area contributed by atoms with E-state index in [9.17, 15) is 14.4 Å². The number of thioether (sulfide) groups is 1. The lowest BCUT2D eigenvalue weighted by Gasteiger charge is -2.06. The van der Waals surface area contributed by atoms with Gasteiger partial charge in [-0.25, -0.2) is 0 Å². The number of benzene rings is 1. The fourth-order valence-corrected chi connectivity index (χ4v) is 2.22. The fourth-order valence-electron chi connectivity index (χ4n) is 1.65. The molecule has 0 unspecified atom stereocenters. The van der Waals surface area contributed by atoms with E-state index < -0.39 is 5.97 Å². The van der Waals surface area contributed by atoms with Gasteiger partial charge in [0.2, 0.25) is 5.91 Å². The topological polar surface area (TPSA) is 95.5 Å². The molecular formula is C15H20N2O4S. The second-order valence-corrected chi connectivity index (χ2v) is 5.63. The Bertz CT molecular complexity index is 494. The quantitative estimate of drug-likeness (QED) is 0.561. The molecule has 0 aromatic heterocycles. The molecule has 7 heteroatoms. The van der Waals surface area contributed by atoms with Crippen LogP contribution in [-0.4, -0.2) is 47.5 Å². The molecule has 0 aliphatic carbocycles. The summed E-state index contributed by atoms with van der Waals surface area (Å²) in [7, 11) is 0. The van der Waals surface area contributed by atoms with Crippen molar-refractivity contribution in [3.8, 4) is 0 Å². The highest BCUT2D eigenvalue weighted by atomic mass is 32.2. The summed E-state index contributed by atoms with van der Waals surface area (Å²) in [6, 6.07) is 8.90. The minimum absolute atomic E-state index is 0.0430. The molecule has 0 saturated carbocycles. The third kappa shape index (κ3) is 8.31. The van der Waals surface area contributed by atoms with E-state index in [1.165, 1.54) is 11.8 Å². The maximum absolute atomic E-state index is 11.7. The standard InChI is InChI=1S/C15H20N2O4S/c18-13(16-9-10-22-11-14(19)20)7-4-8-17-15(21)12-5-2-1-3-6-12/h1-3,5-6H,4,7-11H2,(H,16,18)(H,17,21)(H,19,20). The van der Waals surface area contributed by atoms with Crippen molar-refractivity contribution in [2.24, 2.45) is 0 Å². The molecule has 0 atom stereocenters. The van der Waals surface area contributed by atoms with Gasteiger partial charge >= 0.3 is 5.97 Å². The first-order chi connectivity index (χ1) is 10.6. The van der Waals surface area contributed by atoms with Gasteiger partial charge in [-0.05, 0) is 18.6 Å². The Kier molecular flexibility index (Phi) is 8.74. The third-order valence-corrected chi connectivity index (χ3v) is 3.64. The van der Waals surface area contributed by atoms with Crippen LogP contribution in [-0.2, 0) is 9.59 Å². The Morgan fingerprint density at radius 3 is 2.45 bits per heavy atom. The molecule has 6 nitrogen and oxygen atoms in total. The minimum atomic E-state index is -0.856. The summed E-state index contributed by atoms with van der Waals surface area (Å²) in [6.45, 7) is 0.891. The van der Waals surface area contributed by atoms with Crippen molar-refractivity contribution in [2.75, 3.05) is 24.6 Å². The maximum Gasteiger partial charge on any atom is 0.313 e. The third-order valence-electron chi connectivity index (χ3n) is 2.70. The van der Waals surface area contributed by atoms with Crippen molar-refractivity contribution in [3.63, 3.8) is 0 Å². The van der Waals surface area contributed by atoms with E-state index in [-0.39, 0.29) is 17.6 Å². The van der Waals surface area contributed by atoms with Crippen LogP contribution >= 0.6 is 11.8 Å². The second kappa shape index (κ2) is 10.7. The van der Waals surface area contributed by atoms with Gasteiger partial charge in [0.05, 0.1) is 5.75 Å². The van der Waals surface area contributed by atoms with Crippen LogP contribution in [0.15, 0.2) is 30.3 Å². The number of carbonyl (C=O) groups excluding carboxylic acids is 2. The lowest BCUT2D eigenvalue weighted by Crippen LogP contribution is -2.28. The Hall–Kier alpha value is -2.02. The Morgan fingerprint density at radius 1 is 1.05 bits per heavy atom. The zero-order valence-electron chi connectivity index (χ0n) is 12.2. The summed E-state index contributed by atoms with van der Waals surface area (Å²) in [5.41, 5.74) is 0.599. The molecule has 0 spiro atoms. The zero-order valence-corrected chi connectivity index (χ0v) is 13.0. The monoisotopic (exact) mass is 324 g/mol. The van der Waals surface area contributed by atoms with E-state index in [4.69, 9.17) is 5.11 Å². The van der Waals surface area contributed by atoms with Crippen LogP contribution in [0.3, 0.4) is 0 Å². The highest BCUT2D eigenvalue weighted by molar-refractivity contribution is 7.99. The zero-order chi connectivity index (χ0) is 16.2. The number of carboxylic acid groups (broad SMARTS) is 1. The number of carbonyl (C=O) groups is 3. The van der Waals surface area contributed by atoms with Crippen molar-refractivity contribution >= 4 is 29.5 Å². The van der Waals surface area contributed by atoms with Crippen LogP contribution in [0.5, 0.6) is 0 Å². The van der Waals surface area contributed by atoms with Crippen molar-refractivity contribution < 1.29 is 19.5 Å². The van der Waals surface area contributed by atoms with Crippen LogP contribution < -0.4 is 10.6 Å². The average Bonchev–Trinajstić information content (AvgIpc) is 2.51. The highest BCUT2D eigenvalue weighted by Gasteiger charge is 2.05. The molecule has 120 valence electrons. The summed E-state index contributed by atoms with van der Waals surface area (Å²) in [4.78, 5) is 33.5. The van der Waals surface area contributed by atoms with E-state index >= 15 is 0 Å². The van der Waals surface area contributed by atoms with Crippen LogP contribution in [0.4, 0.5) is 0 Å². The van der Waals surface area contributed by atoms with Crippen molar-refractivity contribution in [1.29, 1.82) is 0 Å². The molecule has 3 N–H and O–H groups in total. The van der Waals surface area contributed by atoms with E-state index in [0.717, 1.165) is 0 Å². The predicted molar refractivity (Wildman–Crippen MR) is 86.0 cm³/mol. The Labute approximate surface area is 133 Å². The largest absolute Gasteiger partial charge is 0.481 e. The molecule has 2 amide bonds. The number of nitrogens with one attached hydrogen (secondary N) is 2. The average molecular weight is 324 g/mol. The SMILES string of the molecule is O=C(O)CSCCNC(=O)CCCNC(=O)c1ccccc1. The summed E-state index contributed by atoms with van der Waals surface area (Å²) in [5.74, 6) is -0.481. The van der Waals surface area contributed by atoms with Crippen molar-refractivity contribution in [2.45, 2.75) is 12.8 Å².